The van der Waals surface area contributed by atoms with E-state index in [0.717, 1.165) is 10.2 Å². The number of aromatic nitrogens is 7. The Bertz CT molecular complexity index is 1640. The van der Waals surface area contributed by atoms with Crippen molar-refractivity contribution in [2.45, 2.75) is 25.8 Å². The number of anilines is 1. The number of hydrogen-bond donors (Lipinski definition) is 1. The van der Waals surface area contributed by atoms with E-state index in [0.29, 0.717) is 10.9 Å². The summed E-state index contributed by atoms with van der Waals surface area (Å²) in [5.74, 6) is -0.0112. The van der Waals surface area contributed by atoms with E-state index in [1.165, 1.54) is 17.9 Å². The Morgan fingerprint density at radius 3 is 2.48 bits per heavy atom. The van der Waals surface area contributed by atoms with Gasteiger partial charge in [0.2, 0.25) is 5.88 Å². The highest BCUT2D eigenvalue weighted by atomic mass is 19.4. The Hall–Kier alpha value is -4.82. The van der Waals surface area contributed by atoms with Gasteiger partial charge < -0.3 is 15.2 Å². The Kier molecular flexibility index (Phi) is 7.19. The second-order valence-corrected chi connectivity index (χ2v) is 8.61. The van der Waals surface area contributed by atoms with Crippen molar-refractivity contribution in [3.8, 4) is 23.1 Å². The molecule has 2 N–H and O–H groups in total. The smallest absolute Gasteiger partial charge is 0.422 e. The van der Waals surface area contributed by atoms with Crippen molar-refractivity contribution in [2.75, 3.05) is 12.3 Å². The number of pyridine rings is 1. The number of nitrogens with zero attached hydrogens (tertiary/aromatic N) is 7. The molecule has 0 aliphatic heterocycles. The van der Waals surface area contributed by atoms with Crippen molar-refractivity contribution < 1.29 is 31.4 Å². The molecule has 0 saturated carbocycles. The van der Waals surface area contributed by atoms with Crippen LogP contribution < -0.4 is 15.2 Å². The molecule has 1 aromatic carbocycles. The second-order valence-electron chi connectivity index (χ2n) is 8.61. The number of rotatable bonds is 9. The lowest BCUT2D eigenvalue weighted by Gasteiger charge is -2.12. The van der Waals surface area contributed by atoms with Gasteiger partial charge in [-0.2, -0.15) is 23.4 Å². The topological polar surface area (TPSA) is 119 Å². The largest absolute Gasteiger partial charge is 0.483 e. The fraction of sp³-hybridized carbons (Fsp3) is 0.240. The molecule has 0 amide bonds. The first-order valence-electron chi connectivity index (χ1n) is 11.7. The maximum Gasteiger partial charge on any atom is 0.422 e. The summed E-state index contributed by atoms with van der Waals surface area (Å²) in [6, 6.07) is 10.4. The zero-order valence-corrected chi connectivity index (χ0v) is 20.8. The number of para-hydroxylation sites is 1. The molecule has 0 radical (unpaired) electrons. The summed E-state index contributed by atoms with van der Waals surface area (Å²) in [6.45, 7) is -1.82. The van der Waals surface area contributed by atoms with Crippen LogP contribution in [0.2, 0.25) is 0 Å². The molecule has 10 nitrogen and oxygen atoms in total. The minimum Gasteiger partial charge on any atom is -0.483 e. The number of aryl methyl sites for hydroxylation is 1. The van der Waals surface area contributed by atoms with Gasteiger partial charge in [0.25, 0.3) is 6.43 Å². The number of nitrogens with two attached hydrogens (primary N) is 1. The Balaban J connectivity index is 1.49. The van der Waals surface area contributed by atoms with Gasteiger partial charge in [-0.25, -0.2) is 23.4 Å². The van der Waals surface area contributed by atoms with Crippen molar-refractivity contribution in [1.29, 1.82) is 0 Å². The van der Waals surface area contributed by atoms with Crippen molar-refractivity contribution in [2.24, 2.45) is 7.05 Å². The van der Waals surface area contributed by atoms with Crippen LogP contribution in [0, 0.1) is 0 Å². The molecule has 0 atom stereocenters. The maximum atomic E-state index is 13.8. The van der Waals surface area contributed by atoms with Crippen molar-refractivity contribution in [3.05, 3.63) is 71.8 Å². The number of ether oxygens (including phenoxy) is 2. The lowest BCUT2D eigenvalue weighted by molar-refractivity contribution is -0.154. The molecule has 0 aliphatic carbocycles. The molecule has 4 heterocycles. The molecule has 0 saturated heterocycles. The van der Waals surface area contributed by atoms with E-state index in [4.69, 9.17) is 15.2 Å². The average molecular weight is 560 g/mol. The van der Waals surface area contributed by atoms with Gasteiger partial charge >= 0.3 is 6.18 Å². The van der Waals surface area contributed by atoms with Crippen LogP contribution in [0.1, 0.15) is 23.2 Å². The van der Waals surface area contributed by atoms with Crippen LogP contribution in [-0.4, -0.2) is 47.3 Å². The molecule has 0 spiro atoms. The molecule has 0 bridgehead atoms. The molecule has 4 aromatic heterocycles. The summed E-state index contributed by atoms with van der Waals surface area (Å²) in [4.78, 5) is 12.6. The summed E-state index contributed by atoms with van der Waals surface area (Å²) in [7, 11) is 1.22. The quantitative estimate of drug-likeness (QED) is 0.258. The Morgan fingerprint density at radius 2 is 1.77 bits per heavy atom. The highest BCUT2D eigenvalue weighted by molar-refractivity contribution is 5.91. The zero-order chi connectivity index (χ0) is 28.4. The average Bonchev–Trinajstić information content (AvgIpc) is 3.44. The first-order valence-corrected chi connectivity index (χ1v) is 11.7. The number of benzene rings is 1. The fourth-order valence-electron chi connectivity index (χ4n) is 4.04. The third-order valence-electron chi connectivity index (χ3n) is 5.80. The third kappa shape index (κ3) is 5.62. The molecular formula is C25H21F5N8O2. The summed E-state index contributed by atoms with van der Waals surface area (Å²) < 4.78 is 78.9. The highest BCUT2D eigenvalue weighted by Crippen LogP contribution is 2.34. The predicted molar refractivity (Wildman–Crippen MR) is 133 cm³/mol. The molecule has 0 aliphatic rings. The molecule has 0 fully saturated rings. The standard InChI is InChI=1S/C25H21F5N8O2/c1-37-24(40-13-25(28,29)30)16(19(35-37)21(26)27)11-38-17-5-3-2-4-15(17)20(36-38)23-33-10-18(22(31)34-23)39-12-14-6-8-32-9-7-14/h2-10,21H,11-13H2,1H3,(H2,31,33,34). The van der Waals surface area contributed by atoms with Gasteiger partial charge in [-0.05, 0) is 23.8 Å². The van der Waals surface area contributed by atoms with Crippen LogP contribution in [0.3, 0.4) is 0 Å². The number of hydrogen-bond acceptors (Lipinski definition) is 8. The molecule has 5 rings (SSSR count). The van der Waals surface area contributed by atoms with Crippen LogP contribution in [0.4, 0.5) is 27.8 Å². The summed E-state index contributed by atoms with van der Waals surface area (Å²) in [6.07, 6.45) is -3.09. The number of halogens is 5. The van der Waals surface area contributed by atoms with Gasteiger partial charge in [0.15, 0.2) is 24.0 Å². The minimum atomic E-state index is -4.68. The summed E-state index contributed by atoms with van der Waals surface area (Å²) in [5.41, 5.74) is 6.80. The van der Waals surface area contributed by atoms with E-state index in [2.05, 4.69) is 25.1 Å². The SMILES string of the molecule is Cn1nc(C(F)F)c(Cn2nc(-c3ncc(OCc4ccncc4)c(N)n3)c3ccccc32)c1OCC(F)(F)F. The van der Waals surface area contributed by atoms with E-state index >= 15 is 0 Å². The van der Waals surface area contributed by atoms with Gasteiger partial charge in [-0.15, -0.1) is 0 Å². The summed E-state index contributed by atoms with van der Waals surface area (Å²) >= 11 is 0. The van der Waals surface area contributed by atoms with E-state index in [9.17, 15) is 22.0 Å². The van der Waals surface area contributed by atoms with Crippen LogP contribution in [0.5, 0.6) is 11.6 Å². The van der Waals surface area contributed by atoms with Crippen molar-refractivity contribution in [3.63, 3.8) is 0 Å². The molecular weight excluding hydrogens is 539 g/mol. The van der Waals surface area contributed by atoms with E-state index in [1.54, 1.807) is 48.8 Å². The predicted octanol–water partition coefficient (Wildman–Crippen LogP) is 4.71. The lowest BCUT2D eigenvalue weighted by Crippen LogP contribution is -2.21. The van der Waals surface area contributed by atoms with E-state index in [-0.39, 0.29) is 41.8 Å². The van der Waals surface area contributed by atoms with Gasteiger partial charge in [-0.1, -0.05) is 18.2 Å². The molecule has 40 heavy (non-hydrogen) atoms. The van der Waals surface area contributed by atoms with Crippen molar-refractivity contribution in [1.82, 2.24) is 34.5 Å². The fourth-order valence-corrected chi connectivity index (χ4v) is 4.04. The normalized spacial score (nSPS) is 11.9. The third-order valence-corrected chi connectivity index (χ3v) is 5.80. The van der Waals surface area contributed by atoms with Crippen LogP contribution in [-0.2, 0) is 20.2 Å². The number of fused-ring (bicyclic) bond motifs is 1. The van der Waals surface area contributed by atoms with Gasteiger partial charge in [-0.3, -0.25) is 9.67 Å². The minimum absolute atomic E-state index is 0.0489. The van der Waals surface area contributed by atoms with Gasteiger partial charge in [0.1, 0.15) is 18.0 Å². The van der Waals surface area contributed by atoms with Crippen LogP contribution >= 0.6 is 0 Å². The monoisotopic (exact) mass is 560 g/mol. The van der Waals surface area contributed by atoms with Gasteiger partial charge in [0.05, 0.1) is 23.8 Å². The molecule has 208 valence electrons. The van der Waals surface area contributed by atoms with Crippen molar-refractivity contribution >= 4 is 16.7 Å². The number of nitrogen functional groups attached to an aromatic ring is 1. The van der Waals surface area contributed by atoms with Gasteiger partial charge in [0, 0.05) is 24.8 Å². The lowest BCUT2D eigenvalue weighted by atomic mass is 10.2. The van der Waals surface area contributed by atoms with Crippen LogP contribution in [0.25, 0.3) is 22.4 Å². The second kappa shape index (κ2) is 10.7. The Labute approximate surface area is 223 Å². The first kappa shape index (κ1) is 26.8. The maximum absolute atomic E-state index is 13.8. The number of alkyl halides is 5. The Morgan fingerprint density at radius 1 is 1.02 bits per heavy atom. The highest BCUT2D eigenvalue weighted by Gasteiger charge is 2.32. The molecule has 15 heteroatoms. The van der Waals surface area contributed by atoms with Crippen LogP contribution in [0.15, 0.2) is 55.0 Å². The summed E-state index contributed by atoms with van der Waals surface area (Å²) in [5, 5.41) is 8.76. The first-order chi connectivity index (χ1) is 19.1. The molecule has 0 unspecified atom stereocenters. The zero-order valence-electron chi connectivity index (χ0n) is 20.8. The van der Waals surface area contributed by atoms with E-state index in [1.807, 2.05) is 0 Å². The van der Waals surface area contributed by atoms with E-state index < -0.39 is 30.8 Å². The molecule has 5 aromatic rings.